The first kappa shape index (κ1) is 15.7. The maximum absolute atomic E-state index is 12.6. The van der Waals surface area contributed by atoms with Crippen LogP contribution in [0.1, 0.15) is 29.0 Å². The summed E-state index contributed by atoms with van der Waals surface area (Å²) in [5, 5.41) is 1.17. The van der Waals surface area contributed by atoms with Gasteiger partial charge in [0.05, 0.1) is 5.52 Å². The van der Waals surface area contributed by atoms with Crippen molar-refractivity contribution in [3.63, 3.8) is 0 Å². The molecule has 1 aliphatic rings. The van der Waals surface area contributed by atoms with Crippen molar-refractivity contribution in [2.24, 2.45) is 5.92 Å². The minimum atomic E-state index is -0.0682. The van der Waals surface area contributed by atoms with Gasteiger partial charge in [-0.1, -0.05) is 24.3 Å². The zero-order valence-corrected chi connectivity index (χ0v) is 14.0. The number of aromatic nitrogens is 3. The van der Waals surface area contributed by atoms with Gasteiger partial charge in [0, 0.05) is 37.1 Å². The molecule has 1 aromatic carbocycles. The van der Waals surface area contributed by atoms with E-state index in [9.17, 15) is 4.79 Å². The van der Waals surface area contributed by atoms with Crippen LogP contribution in [0.4, 0.5) is 0 Å². The van der Waals surface area contributed by atoms with Gasteiger partial charge in [0.2, 0.25) is 5.82 Å². The monoisotopic (exact) mass is 332 g/mol. The van der Waals surface area contributed by atoms with Gasteiger partial charge in [0.1, 0.15) is 0 Å². The van der Waals surface area contributed by atoms with Crippen molar-refractivity contribution in [2.45, 2.75) is 19.3 Å². The van der Waals surface area contributed by atoms with Gasteiger partial charge < -0.3 is 4.90 Å². The predicted molar refractivity (Wildman–Crippen MR) is 96.1 cm³/mol. The highest BCUT2D eigenvalue weighted by Crippen LogP contribution is 2.25. The van der Waals surface area contributed by atoms with Crippen molar-refractivity contribution < 1.29 is 4.79 Å². The summed E-state index contributed by atoms with van der Waals surface area (Å²) in [5.74, 6) is 0.658. The molecule has 1 saturated heterocycles. The molecule has 1 fully saturated rings. The van der Waals surface area contributed by atoms with E-state index in [2.05, 4.69) is 39.2 Å². The van der Waals surface area contributed by atoms with Crippen LogP contribution in [0.3, 0.4) is 0 Å². The second-order valence-corrected chi connectivity index (χ2v) is 6.53. The van der Waals surface area contributed by atoms with Crippen LogP contribution in [0, 0.1) is 5.92 Å². The van der Waals surface area contributed by atoms with Crippen molar-refractivity contribution in [3.05, 3.63) is 66.4 Å². The van der Waals surface area contributed by atoms with Gasteiger partial charge >= 0.3 is 0 Å². The molecule has 0 unspecified atom stereocenters. The van der Waals surface area contributed by atoms with Gasteiger partial charge in [0.25, 0.3) is 5.91 Å². The molecule has 0 bridgehead atoms. The number of carbonyl (C=O) groups is 1. The van der Waals surface area contributed by atoms with E-state index in [4.69, 9.17) is 0 Å². The van der Waals surface area contributed by atoms with E-state index < -0.39 is 0 Å². The number of likely N-dealkylation sites (tertiary alicyclic amines) is 1. The first-order chi connectivity index (χ1) is 12.3. The second kappa shape index (κ2) is 6.97. The van der Waals surface area contributed by atoms with E-state index in [0.29, 0.717) is 5.92 Å². The maximum atomic E-state index is 12.6. The van der Waals surface area contributed by atoms with Crippen LogP contribution in [-0.2, 0) is 6.42 Å². The minimum absolute atomic E-state index is 0.0682. The Morgan fingerprint density at radius 2 is 1.84 bits per heavy atom. The fourth-order valence-corrected chi connectivity index (χ4v) is 3.61. The van der Waals surface area contributed by atoms with Gasteiger partial charge in [-0.3, -0.25) is 9.78 Å². The number of benzene rings is 1. The molecule has 5 heteroatoms. The van der Waals surface area contributed by atoms with Gasteiger partial charge in [-0.25, -0.2) is 9.97 Å². The van der Waals surface area contributed by atoms with Gasteiger partial charge in [-0.05, 0) is 42.9 Å². The van der Waals surface area contributed by atoms with E-state index in [1.165, 1.54) is 10.9 Å². The number of hydrogen-bond donors (Lipinski definition) is 0. The highest BCUT2D eigenvalue weighted by atomic mass is 16.2. The van der Waals surface area contributed by atoms with Crippen molar-refractivity contribution in [3.8, 4) is 0 Å². The Bertz CT molecular complexity index is 876. The summed E-state index contributed by atoms with van der Waals surface area (Å²) < 4.78 is 0. The Morgan fingerprint density at radius 3 is 2.72 bits per heavy atom. The molecule has 0 N–H and O–H groups in total. The van der Waals surface area contributed by atoms with E-state index in [1.807, 2.05) is 17.2 Å². The molecule has 4 rings (SSSR count). The molecule has 5 nitrogen and oxygen atoms in total. The molecule has 0 radical (unpaired) electrons. The smallest absolute Gasteiger partial charge is 0.291 e. The third kappa shape index (κ3) is 3.36. The average molecular weight is 332 g/mol. The first-order valence-electron chi connectivity index (χ1n) is 8.70. The lowest BCUT2D eigenvalue weighted by Crippen LogP contribution is -2.41. The van der Waals surface area contributed by atoms with Crippen LogP contribution >= 0.6 is 0 Å². The molecule has 0 spiro atoms. The topological polar surface area (TPSA) is 59.0 Å². The molecule has 126 valence electrons. The lowest BCUT2D eigenvalue weighted by molar-refractivity contribution is 0.0661. The SMILES string of the molecule is O=C(c1ncccn1)N1CCC[C@H](Cc2cccc3cccnc23)C1. The van der Waals surface area contributed by atoms with E-state index in [0.717, 1.165) is 37.9 Å². The highest BCUT2D eigenvalue weighted by molar-refractivity contribution is 5.90. The lowest BCUT2D eigenvalue weighted by atomic mass is 9.90. The summed E-state index contributed by atoms with van der Waals surface area (Å²) in [7, 11) is 0. The van der Waals surface area contributed by atoms with Crippen molar-refractivity contribution in [2.75, 3.05) is 13.1 Å². The third-order valence-electron chi connectivity index (χ3n) is 4.79. The molecule has 1 aliphatic heterocycles. The number of amides is 1. The number of nitrogens with zero attached hydrogens (tertiary/aromatic N) is 4. The number of fused-ring (bicyclic) bond motifs is 1. The molecule has 1 amide bonds. The van der Waals surface area contributed by atoms with Gasteiger partial charge in [-0.15, -0.1) is 0 Å². The number of rotatable bonds is 3. The molecule has 3 aromatic rings. The number of para-hydroxylation sites is 1. The first-order valence-corrected chi connectivity index (χ1v) is 8.70. The minimum Gasteiger partial charge on any atom is -0.336 e. The predicted octanol–water partition coefficient (Wildman–Crippen LogP) is 3.12. The zero-order chi connectivity index (χ0) is 17.1. The highest BCUT2D eigenvalue weighted by Gasteiger charge is 2.26. The van der Waals surface area contributed by atoms with Crippen molar-refractivity contribution >= 4 is 16.8 Å². The van der Waals surface area contributed by atoms with Crippen LogP contribution in [0.25, 0.3) is 10.9 Å². The van der Waals surface area contributed by atoms with E-state index in [1.54, 1.807) is 18.5 Å². The molecular weight excluding hydrogens is 312 g/mol. The summed E-state index contributed by atoms with van der Waals surface area (Å²) in [6.07, 6.45) is 8.15. The zero-order valence-electron chi connectivity index (χ0n) is 14.0. The Balaban J connectivity index is 1.51. The quantitative estimate of drug-likeness (QED) is 0.739. The molecule has 2 aromatic heterocycles. The largest absolute Gasteiger partial charge is 0.336 e. The van der Waals surface area contributed by atoms with E-state index in [-0.39, 0.29) is 11.7 Å². The Hall–Kier alpha value is -2.82. The Kier molecular flexibility index (Phi) is 4.37. The normalized spacial score (nSPS) is 17.6. The number of pyridine rings is 1. The van der Waals surface area contributed by atoms with Gasteiger partial charge in [0.15, 0.2) is 0 Å². The fraction of sp³-hybridized carbons (Fsp3) is 0.300. The molecule has 25 heavy (non-hydrogen) atoms. The summed E-state index contributed by atoms with van der Waals surface area (Å²) in [6.45, 7) is 1.53. The van der Waals surface area contributed by atoms with Crippen molar-refractivity contribution in [1.82, 2.24) is 19.9 Å². The summed E-state index contributed by atoms with van der Waals surface area (Å²) in [5.41, 5.74) is 2.33. The van der Waals surface area contributed by atoms with E-state index >= 15 is 0 Å². The molecule has 3 heterocycles. The molecular formula is C20H20N4O. The third-order valence-corrected chi connectivity index (χ3v) is 4.79. The van der Waals surface area contributed by atoms with Crippen LogP contribution in [0.2, 0.25) is 0 Å². The molecule has 1 atom stereocenters. The summed E-state index contributed by atoms with van der Waals surface area (Å²) in [6, 6.07) is 12.1. The fourth-order valence-electron chi connectivity index (χ4n) is 3.61. The maximum Gasteiger partial charge on any atom is 0.291 e. The molecule has 0 saturated carbocycles. The lowest BCUT2D eigenvalue weighted by Gasteiger charge is -2.32. The van der Waals surface area contributed by atoms with Crippen LogP contribution in [-0.4, -0.2) is 38.8 Å². The summed E-state index contributed by atoms with van der Waals surface area (Å²) >= 11 is 0. The Labute approximate surface area is 146 Å². The number of hydrogen-bond acceptors (Lipinski definition) is 4. The van der Waals surface area contributed by atoms with Crippen LogP contribution in [0.15, 0.2) is 55.0 Å². The summed E-state index contributed by atoms with van der Waals surface area (Å²) in [4.78, 5) is 27.2. The van der Waals surface area contributed by atoms with Crippen LogP contribution < -0.4 is 0 Å². The average Bonchev–Trinajstić information content (AvgIpc) is 2.69. The second-order valence-electron chi connectivity index (χ2n) is 6.53. The van der Waals surface area contributed by atoms with Crippen molar-refractivity contribution in [1.29, 1.82) is 0 Å². The molecule has 0 aliphatic carbocycles. The number of piperidine rings is 1. The van der Waals surface area contributed by atoms with Crippen LogP contribution in [0.5, 0.6) is 0 Å². The standard InChI is InChI=1S/C20H20N4O/c25-20(19-22-10-4-11-23-19)24-12-3-5-15(14-24)13-17-7-1-6-16-8-2-9-21-18(16)17/h1-2,4,6-11,15H,3,5,12-14H2/t15-/m1/s1. The number of carbonyl (C=O) groups excluding carboxylic acids is 1. The van der Waals surface area contributed by atoms with Gasteiger partial charge in [-0.2, -0.15) is 0 Å². The Morgan fingerprint density at radius 1 is 1.04 bits per heavy atom.